The Kier molecular flexibility index (Phi) is 3.65. The van der Waals surface area contributed by atoms with Crippen LogP contribution in [0.1, 0.15) is 31.7 Å². The molecule has 0 aromatic heterocycles. The van der Waals surface area contributed by atoms with Gasteiger partial charge in [0.05, 0.1) is 4.92 Å². The lowest BCUT2D eigenvalue weighted by Gasteiger charge is -2.36. The predicted molar refractivity (Wildman–Crippen MR) is 75.1 cm³/mol. The molecule has 1 aromatic rings. The van der Waals surface area contributed by atoms with Gasteiger partial charge in [-0.15, -0.1) is 0 Å². The lowest BCUT2D eigenvalue weighted by molar-refractivity contribution is -0.384. The molecule has 0 radical (unpaired) electrons. The Labute approximate surface area is 117 Å². The Morgan fingerprint density at radius 3 is 2.75 bits per heavy atom. The van der Waals surface area contributed by atoms with Gasteiger partial charge in [-0.25, -0.2) is 4.79 Å². The van der Waals surface area contributed by atoms with Gasteiger partial charge in [0.2, 0.25) is 0 Å². The average molecular weight is 278 g/mol. The van der Waals surface area contributed by atoms with Crippen LogP contribution in [0.25, 0.3) is 0 Å². The number of benzene rings is 1. The number of carboxylic acid groups (broad SMARTS) is 1. The third-order valence-electron chi connectivity index (χ3n) is 4.15. The number of aliphatic carboxylic acids is 1. The van der Waals surface area contributed by atoms with Gasteiger partial charge in [-0.05, 0) is 37.8 Å². The SMILES string of the molecule is CCC1(C(=O)O)CCCN1c1ccc([N+](=O)[O-])cc1C. The Morgan fingerprint density at radius 1 is 1.55 bits per heavy atom. The average Bonchev–Trinajstić information content (AvgIpc) is 2.83. The second kappa shape index (κ2) is 5.11. The van der Waals surface area contributed by atoms with E-state index in [1.807, 2.05) is 11.8 Å². The molecule has 1 fully saturated rings. The molecule has 0 spiro atoms. The number of aryl methyl sites for hydroxylation is 1. The zero-order valence-corrected chi connectivity index (χ0v) is 11.6. The van der Waals surface area contributed by atoms with Gasteiger partial charge in [0, 0.05) is 24.4 Å². The molecule has 1 saturated heterocycles. The lowest BCUT2D eigenvalue weighted by atomic mass is 9.92. The number of anilines is 1. The highest BCUT2D eigenvalue weighted by atomic mass is 16.6. The van der Waals surface area contributed by atoms with Crippen molar-refractivity contribution in [1.29, 1.82) is 0 Å². The van der Waals surface area contributed by atoms with E-state index in [4.69, 9.17) is 0 Å². The third kappa shape index (κ3) is 2.11. The summed E-state index contributed by atoms with van der Waals surface area (Å²) in [5, 5.41) is 20.4. The van der Waals surface area contributed by atoms with Gasteiger partial charge < -0.3 is 10.0 Å². The van der Waals surface area contributed by atoms with E-state index in [-0.39, 0.29) is 5.69 Å². The van der Waals surface area contributed by atoms with Gasteiger partial charge in [0.25, 0.3) is 5.69 Å². The summed E-state index contributed by atoms with van der Waals surface area (Å²) in [5.74, 6) is -0.824. The molecule has 0 aliphatic carbocycles. The summed E-state index contributed by atoms with van der Waals surface area (Å²) in [6.45, 7) is 4.31. The van der Waals surface area contributed by atoms with Crippen molar-refractivity contribution >= 4 is 17.3 Å². The summed E-state index contributed by atoms with van der Waals surface area (Å²) < 4.78 is 0. The molecule has 0 saturated carbocycles. The number of non-ortho nitro benzene ring substituents is 1. The van der Waals surface area contributed by atoms with E-state index in [0.29, 0.717) is 19.4 Å². The molecule has 20 heavy (non-hydrogen) atoms. The largest absolute Gasteiger partial charge is 0.479 e. The second-order valence-corrected chi connectivity index (χ2v) is 5.17. The molecule has 1 unspecified atom stereocenters. The lowest BCUT2D eigenvalue weighted by Crippen LogP contribution is -2.50. The van der Waals surface area contributed by atoms with Crippen LogP contribution in [0.2, 0.25) is 0 Å². The topological polar surface area (TPSA) is 83.7 Å². The maximum atomic E-state index is 11.7. The van der Waals surface area contributed by atoms with Crippen LogP contribution in [0.15, 0.2) is 18.2 Å². The smallest absolute Gasteiger partial charge is 0.329 e. The van der Waals surface area contributed by atoms with E-state index in [1.165, 1.54) is 12.1 Å². The Morgan fingerprint density at radius 2 is 2.25 bits per heavy atom. The summed E-state index contributed by atoms with van der Waals surface area (Å²) in [6.07, 6.45) is 1.94. The van der Waals surface area contributed by atoms with E-state index in [0.717, 1.165) is 17.7 Å². The Hall–Kier alpha value is -2.11. The molecule has 0 bridgehead atoms. The van der Waals surface area contributed by atoms with E-state index in [1.54, 1.807) is 13.0 Å². The number of nitro groups is 1. The van der Waals surface area contributed by atoms with Crippen LogP contribution in [0.3, 0.4) is 0 Å². The van der Waals surface area contributed by atoms with Crippen molar-refractivity contribution in [1.82, 2.24) is 0 Å². The van der Waals surface area contributed by atoms with Gasteiger partial charge in [-0.1, -0.05) is 6.92 Å². The summed E-state index contributed by atoms with van der Waals surface area (Å²) in [5.41, 5.74) is 0.654. The molecule has 1 aromatic carbocycles. The first-order chi connectivity index (χ1) is 9.42. The minimum atomic E-state index is -0.888. The van der Waals surface area contributed by atoms with Crippen LogP contribution in [-0.2, 0) is 4.79 Å². The third-order valence-corrected chi connectivity index (χ3v) is 4.15. The summed E-state index contributed by atoms with van der Waals surface area (Å²) in [7, 11) is 0. The first kappa shape index (κ1) is 14.3. The Balaban J connectivity index is 2.45. The van der Waals surface area contributed by atoms with Crippen molar-refractivity contribution < 1.29 is 14.8 Å². The van der Waals surface area contributed by atoms with Crippen molar-refractivity contribution in [2.45, 2.75) is 38.6 Å². The maximum absolute atomic E-state index is 11.7. The quantitative estimate of drug-likeness (QED) is 0.676. The van der Waals surface area contributed by atoms with E-state index >= 15 is 0 Å². The van der Waals surface area contributed by atoms with Crippen molar-refractivity contribution in [3.8, 4) is 0 Å². The molecule has 1 aliphatic heterocycles. The van der Waals surface area contributed by atoms with Gasteiger partial charge >= 0.3 is 5.97 Å². The summed E-state index contributed by atoms with van der Waals surface area (Å²) in [6, 6.07) is 4.59. The van der Waals surface area contributed by atoms with E-state index in [9.17, 15) is 20.0 Å². The number of nitrogens with zero attached hydrogens (tertiary/aromatic N) is 2. The molecule has 6 heteroatoms. The zero-order valence-electron chi connectivity index (χ0n) is 11.6. The standard InChI is InChI=1S/C14H18N2O4/c1-3-14(13(17)18)7-4-8-15(14)12-6-5-11(16(19)20)9-10(12)2/h5-6,9H,3-4,7-8H2,1-2H3,(H,17,18). The van der Waals surface area contributed by atoms with Crippen LogP contribution in [0.4, 0.5) is 11.4 Å². The molecule has 1 aliphatic rings. The first-order valence-corrected chi connectivity index (χ1v) is 6.68. The first-order valence-electron chi connectivity index (χ1n) is 6.68. The van der Waals surface area contributed by atoms with Gasteiger partial charge in [0.1, 0.15) is 5.54 Å². The zero-order chi connectivity index (χ0) is 14.9. The van der Waals surface area contributed by atoms with E-state index < -0.39 is 16.4 Å². The molecule has 1 heterocycles. The highest BCUT2D eigenvalue weighted by Crippen LogP contribution is 2.39. The number of hydrogen-bond acceptors (Lipinski definition) is 4. The predicted octanol–water partition coefficient (Wildman–Crippen LogP) is 2.74. The van der Waals surface area contributed by atoms with Gasteiger partial charge in [-0.3, -0.25) is 10.1 Å². The van der Waals surface area contributed by atoms with Crippen LogP contribution < -0.4 is 4.90 Å². The van der Waals surface area contributed by atoms with Crippen molar-refractivity contribution in [2.24, 2.45) is 0 Å². The highest BCUT2D eigenvalue weighted by molar-refractivity contribution is 5.85. The van der Waals surface area contributed by atoms with Gasteiger partial charge in [0.15, 0.2) is 0 Å². The monoisotopic (exact) mass is 278 g/mol. The number of carboxylic acids is 1. The van der Waals surface area contributed by atoms with Crippen molar-refractivity contribution in [3.05, 3.63) is 33.9 Å². The van der Waals surface area contributed by atoms with Crippen LogP contribution in [-0.4, -0.2) is 28.1 Å². The highest BCUT2D eigenvalue weighted by Gasteiger charge is 2.46. The van der Waals surface area contributed by atoms with Crippen LogP contribution in [0, 0.1) is 17.0 Å². The fourth-order valence-electron chi connectivity index (χ4n) is 3.03. The molecule has 0 amide bonds. The molecule has 108 valence electrons. The van der Waals surface area contributed by atoms with Gasteiger partial charge in [-0.2, -0.15) is 0 Å². The minimum Gasteiger partial charge on any atom is -0.479 e. The normalized spacial score (nSPS) is 22.0. The summed E-state index contributed by atoms with van der Waals surface area (Å²) in [4.78, 5) is 23.9. The molecular formula is C14H18N2O4. The molecular weight excluding hydrogens is 260 g/mol. The fraction of sp³-hybridized carbons (Fsp3) is 0.500. The second-order valence-electron chi connectivity index (χ2n) is 5.17. The van der Waals surface area contributed by atoms with Crippen LogP contribution in [0.5, 0.6) is 0 Å². The number of hydrogen-bond donors (Lipinski definition) is 1. The number of nitro benzene ring substituents is 1. The van der Waals surface area contributed by atoms with E-state index in [2.05, 4.69) is 0 Å². The molecule has 2 rings (SSSR count). The molecule has 6 nitrogen and oxygen atoms in total. The number of rotatable bonds is 4. The Bertz CT molecular complexity index is 558. The van der Waals surface area contributed by atoms with Crippen molar-refractivity contribution in [2.75, 3.05) is 11.4 Å². The maximum Gasteiger partial charge on any atom is 0.329 e. The van der Waals surface area contributed by atoms with Crippen molar-refractivity contribution in [3.63, 3.8) is 0 Å². The molecule has 1 atom stereocenters. The summed E-state index contributed by atoms with van der Waals surface area (Å²) >= 11 is 0. The fourth-order valence-corrected chi connectivity index (χ4v) is 3.03. The number of carbonyl (C=O) groups is 1. The van der Waals surface area contributed by atoms with Crippen LogP contribution >= 0.6 is 0 Å². The molecule has 1 N–H and O–H groups in total. The minimum absolute atomic E-state index is 0.0304.